The van der Waals surface area contributed by atoms with E-state index >= 15 is 0 Å². The lowest BCUT2D eigenvalue weighted by Gasteiger charge is -2.17. The molecule has 3 aromatic carbocycles. The third-order valence-electron chi connectivity index (χ3n) is 3.52. The summed E-state index contributed by atoms with van der Waals surface area (Å²) in [6, 6.07) is 26.6. The van der Waals surface area contributed by atoms with Gasteiger partial charge in [0.05, 0.1) is 0 Å². The molecule has 0 saturated carbocycles. The molecular weight excluding hydrogens is 352 g/mol. The maximum atomic E-state index is 12.8. The molecule has 0 bridgehead atoms. The van der Waals surface area contributed by atoms with Crippen molar-refractivity contribution < 1.29 is 9.53 Å². The lowest BCUT2D eigenvalue weighted by molar-refractivity contribution is -0.135. The van der Waals surface area contributed by atoms with Crippen molar-refractivity contribution in [2.75, 3.05) is 0 Å². The van der Waals surface area contributed by atoms with Crippen LogP contribution in [0.15, 0.2) is 89.4 Å². The smallest absolute Gasteiger partial charge is 0.323 e. The molecule has 0 heterocycles. The molecule has 0 N–H and O–H groups in total. The van der Waals surface area contributed by atoms with Crippen LogP contribution in [0.4, 0.5) is 0 Å². The zero-order valence-electron chi connectivity index (χ0n) is 12.4. The van der Waals surface area contributed by atoms with Crippen LogP contribution in [0, 0.1) is 0 Å². The standard InChI is InChI=1S/C20H15BrO2/c21-17-12-7-13-18(14-17)23-20(22)19(15-8-3-1-4-9-15)16-10-5-2-6-11-16/h1-14,19H. The summed E-state index contributed by atoms with van der Waals surface area (Å²) in [4.78, 5) is 12.8. The van der Waals surface area contributed by atoms with Gasteiger partial charge in [0.2, 0.25) is 0 Å². The number of ether oxygens (including phenoxy) is 1. The van der Waals surface area contributed by atoms with Crippen molar-refractivity contribution in [3.8, 4) is 5.75 Å². The second-order valence-corrected chi connectivity index (χ2v) is 6.05. The third kappa shape index (κ3) is 3.88. The molecule has 0 amide bonds. The minimum Gasteiger partial charge on any atom is -0.426 e. The molecule has 0 aliphatic carbocycles. The van der Waals surface area contributed by atoms with E-state index in [-0.39, 0.29) is 5.97 Å². The van der Waals surface area contributed by atoms with Crippen LogP contribution >= 0.6 is 15.9 Å². The molecule has 0 fully saturated rings. The first-order valence-electron chi connectivity index (χ1n) is 7.31. The highest BCUT2D eigenvalue weighted by atomic mass is 79.9. The van der Waals surface area contributed by atoms with Crippen LogP contribution in [0.25, 0.3) is 0 Å². The molecule has 3 aromatic rings. The Bertz CT molecular complexity index is 746. The van der Waals surface area contributed by atoms with Gasteiger partial charge >= 0.3 is 5.97 Å². The van der Waals surface area contributed by atoms with Crippen LogP contribution < -0.4 is 4.74 Å². The van der Waals surface area contributed by atoms with Gasteiger partial charge in [-0.25, -0.2) is 0 Å². The third-order valence-corrected chi connectivity index (χ3v) is 4.01. The Labute approximate surface area is 143 Å². The van der Waals surface area contributed by atoms with Crippen molar-refractivity contribution in [2.45, 2.75) is 5.92 Å². The van der Waals surface area contributed by atoms with Gasteiger partial charge in [0.15, 0.2) is 0 Å². The number of rotatable bonds is 4. The largest absolute Gasteiger partial charge is 0.426 e. The lowest BCUT2D eigenvalue weighted by atomic mass is 9.91. The minimum atomic E-state index is -0.448. The number of hydrogen-bond acceptors (Lipinski definition) is 2. The van der Waals surface area contributed by atoms with Crippen molar-refractivity contribution >= 4 is 21.9 Å². The number of benzene rings is 3. The van der Waals surface area contributed by atoms with E-state index in [2.05, 4.69) is 15.9 Å². The summed E-state index contributed by atoms with van der Waals surface area (Å²) in [6.07, 6.45) is 0. The van der Waals surface area contributed by atoms with Crippen LogP contribution in [0.5, 0.6) is 5.75 Å². The molecule has 0 aliphatic rings. The second kappa shape index (κ2) is 7.25. The SMILES string of the molecule is O=C(Oc1cccc(Br)c1)C(c1ccccc1)c1ccccc1. The number of carbonyl (C=O) groups is 1. The van der Waals surface area contributed by atoms with Gasteiger partial charge in [0.25, 0.3) is 0 Å². The molecule has 3 rings (SSSR count). The predicted molar refractivity (Wildman–Crippen MR) is 94.5 cm³/mol. The van der Waals surface area contributed by atoms with Gasteiger partial charge in [-0.15, -0.1) is 0 Å². The Morgan fingerprint density at radius 1 is 0.783 bits per heavy atom. The van der Waals surface area contributed by atoms with E-state index in [0.717, 1.165) is 15.6 Å². The molecule has 0 atom stereocenters. The summed E-state index contributed by atoms with van der Waals surface area (Å²) in [5.41, 5.74) is 1.83. The molecule has 0 saturated heterocycles. The van der Waals surface area contributed by atoms with Gasteiger partial charge < -0.3 is 4.74 Å². The van der Waals surface area contributed by atoms with E-state index < -0.39 is 5.92 Å². The van der Waals surface area contributed by atoms with Crippen LogP contribution in [0.3, 0.4) is 0 Å². The zero-order valence-corrected chi connectivity index (χ0v) is 13.9. The Hall–Kier alpha value is -2.39. The van der Waals surface area contributed by atoms with E-state index in [4.69, 9.17) is 4.74 Å². The Kier molecular flexibility index (Phi) is 4.89. The predicted octanol–water partition coefficient (Wildman–Crippen LogP) is 5.19. The Morgan fingerprint density at radius 3 is 1.87 bits per heavy atom. The molecule has 3 heteroatoms. The van der Waals surface area contributed by atoms with Crippen molar-refractivity contribution in [3.63, 3.8) is 0 Å². The summed E-state index contributed by atoms with van der Waals surface area (Å²) >= 11 is 3.39. The van der Waals surface area contributed by atoms with E-state index in [9.17, 15) is 4.79 Å². The molecule has 0 aromatic heterocycles. The van der Waals surface area contributed by atoms with E-state index in [1.807, 2.05) is 72.8 Å². The average molecular weight is 367 g/mol. The van der Waals surface area contributed by atoms with Crippen molar-refractivity contribution in [1.82, 2.24) is 0 Å². The van der Waals surface area contributed by atoms with Gasteiger partial charge in [-0.2, -0.15) is 0 Å². The first kappa shape index (κ1) is 15.5. The fraction of sp³-hybridized carbons (Fsp3) is 0.0500. The second-order valence-electron chi connectivity index (χ2n) is 5.13. The van der Waals surface area contributed by atoms with Gasteiger partial charge in [-0.1, -0.05) is 82.7 Å². The zero-order chi connectivity index (χ0) is 16.1. The molecule has 2 nitrogen and oxygen atoms in total. The summed E-state index contributed by atoms with van der Waals surface area (Å²) in [7, 11) is 0. The molecule has 114 valence electrons. The van der Waals surface area contributed by atoms with Crippen LogP contribution in [-0.2, 0) is 4.79 Å². The number of hydrogen-bond donors (Lipinski definition) is 0. The highest BCUT2D eigenvalue weighted by Crippen LogP contribution is 2.27. The number of carbonyl (C=O) groups excluding carboxylic acids is 1. The van der Waals surface area contributed by atoms with Crippen LogP contribution in [0.1, 0.15) is 17.0 Å². The summed E-state index contributed by atoms with van der Waals surface area (Å²) in [6.45, 7) is 0. The van der Waals surface area contributed by atoms with E-state index in [0.29, 0.717) is 5.75 Å². The average Bonchev–Trinajstić information content (AvgIpc) is 2.57. The van der Waals surface area contributed by atoms with E-state index in [1.54, 1.807) is 12.1 Å². The summed E-state index contributed by atoms with van der Waals surface area (Å²) in [5, 5.41) is 0. The first-order chi connectivity index (χ1) is 11.2. The van der Waals surface area contributed by atoms with Gasteiger partial charge in [0.1, 0.15) is 11.7 Å². The maximum Gasteiger partial charge on any atom is 0.323 e. The molecule has 0 spiro atoms. The van der Waals surface area contributed by atoms with Crippen LogP contribution in [0.2, 0.25) is 0 Å². The molecule has 0 aliphatic heterocycles. The van der Waals surface area contributed by atoms with Gasteiger partial charge in [0, 0.05) is 4.47 Å². The summed E-state index contributed by atoms with van der Waals surface area (Å²) in [5.74, 6) is -0.210. The molecule has 0 unspecified atom stereocenters. The quantitative estimate of drug-likeness (QED) is 0.469. The number of halogens is 1. The topological polar surface area (TPSA) is 26.3 Å². The molecular formula is C20H15BrO2. The van der Waals surface area contributed by atoms with Crippen molar-refractivity contribution in [3.05, 3.63) is 101 Å². The maximum absolute atomic E-state index is 12.8. The Balaban J connectivity index is 1.94. The normalized spacial score (nSPS) is 10.5. The fourth-order valence-electron chi connectivity index (χ4n) is 2.46. The van der Waals surface area contributed by atoms with Crippen molar-refractivity contribution in [1.29, 1.82) is 0 Å². The Morgan fingerprint density at radius 2 is 1.35 bits per heavy atom. The van der Waals surface area contributed by atoms with Gasteiger partial charge in [-0.3, -0.25) is 4.79 Å². The summed E-state index contributed by atoms with van der Waals surface area (Å²) < 4.78 is 6.47. The van der Waals surface area contributed by atoms with E-state index in [1.165, 1.54) is 0 Å². The molecule has 23 heavy (non-hydrogen) atoms. The highest BCUT2D eigenvalue weighted by Gasteiger charge is 2.24. The monoisotopic (exact) mass is 366 g/mol. The molecule has 0 radical (unpaired) electrons. The lowest BCUT2D eigenvalue weighted by Crippen LogP contribution is -2.20. The van der Waals surface area contributed by atoms with Gasteiger partial charge in [-0.05, 0) is 29.3 Å². The fourth-order valence-corrected chi connectivity index (χ4v) is 2.84. The van der Waals surface area contributed by atoms with Crippen LogP contribution in [-0.4, -0.2) is 5.97 Å². The number of esters is 1. The highest BCUT2D eigenvalue weighted by molar-refractivity contribution is 9.10. The minimum absolute atomic E-state index is 0.291. The van der Waals surface area contributed by atoms with Crippen molar-refractivity contribution in [2.24, 2.45) is 0 Å². The first-order valence-corrected chi connectivity index (χ1v) is 8.10.